The lowest BCUT2D eigenvalue weighted by Gasteiger charge is -2.10. The van der Waals surface area contributed by atoms with Gasteiger partial charge in [0.15, 0.2) is 0 Å². The van der Waals surface area contributed by atoms with E-state index in [0.717, 1.165) is 35.3 Å². The van der Waals surface area contributed by atoms with Gasteiger partial charge in [-0.25, -0.2) is 0 Å². The van der Waals surface area contributed by atoms with Gasteiger partial charge in [-0.1, -0.05) is 48.0 Å². The molecule has 3 aromatic carbocycles. The number of para-hydroxylation sites is 1. The number of carbonyl (C=O) groups is 2. The zero-order valence-electron chi connectivity index (χ0n) is 18.5. The van der Waals surface area contributed by atoms with Gasteiger partial charge in [-0.05, 0) is 60.9 Å². The SMILES string of the molecule is CC(=O)Oc1c(-c2ccc(NC(=O)c3cccc(Cl)c3)cc2)c(C2CC2)nn1-c1ccccc1. The Bertz CT molecular complexity index is 1360. The molecule has 0 radical (unpaired) electrons. The summed E-state index contributed by atoms with van der Waals surface area (Å²) in [6.07, 6.45) is 2.10. The fraction of sp³-hybridized carbons (Fsp3) is 0.148. The molecular weight excluding hydrogens is 450 g/mol. The third-order valence-electron chi connectivity index (χ3n) is 5.59. The van der Waals surface area contributed by atoms with Crippen LogP contribution in [0.2, 0.25) is 5.02 Å². The molecule has 1 aromatic heterocycles. The fourth-order valence-electron chi connectivity index (χ4n) is 3.86. The van der Waals surface area contributed by atoms with Crippen molar-refractivity contribution in [3.8, 4) is 22.7 Å². The highest BCUT2D eigenvalue weighted by atomic mass is 35.5. The number of hydrogen-bond acceptors (Lipinski definition) is 4. The zero-order chi connectivity index (χ0) is 23.7. The number of hydrogen-bond donors (Lipinski definition) is 1. The minimum atomic E-state index is -0.411. The van der Waals surface area contributed by atoms with Crippen molar-refractivity contribution < 1.29 is 14.3 Å². The molecule has 1 N–H and O–H groups in total. The van der Waals surface area contributed by atoms with E-state index in [-0.39, 0.29) is 5.91 Å². The van der Waals surface area contributed by atoms with Gasteiger partial charge in [-0.15, -0.1) is 0 Å². The van der Waals surface area contributed by atoms with Crippen LogP contribution in [0.15, 0.2) is 78.9 Å². The van der Waals surface area contributed by atoms with E-state index in [4.69, 9.17) is 21.4 Å². The van der Waals surface area contributed by atoms with Gasteiger partial charge in [0.05, 0.1) is 16.9 Å². The highest BCUT2D eigenvalue weighted by molar-refractivity contribution is 6.31. The van der Waals surface area contributed by atoms with Gasteiger partial charge < -0.3 is 10.1 Å². The first-order valence-electron chi connectivity index (χ1n) is 11.0. The maximum Gasteiger partial charge on any atom is 0.309 e. The first kappa shape index (κ1) is 21.9. The number of benzene rings is 3. The molecule has 1 fully saturated rings. The molecule has 170 valence electrons. The van der Waals surface area contributed by atoms with E-state index in [1.165, 1.54) is 6.92 Å². The van der Waals surface area contributed by atoms with Crippen molar-refractivity contribution in [2.45, 2.75) is 25.7 Å². The molecule has 4 aromatic rings. The second-order valence-corrected chi connectivity index (χ2v) is 8.66. The van der Waals surface area contributed by atoms with Crippen LogP contribution in [0.3, 0.4) is 0 Å². The first-order chi connectivity index (χ1) is 16.5. The van der Waals surface area contributed by atoms with E-state index in [2.05, 4.69) is 5.32 Å². The number of nitrogens with one attached hydrogen (secondary N) is 1. The molecule has 1 heterocycles. The zero-order valence-corrected chi connectivity index (χ0v) is 19.3. The molecular formula is C27H22ClN3O3. The van der Waals surface area contributed by atoms with Crippen LogP contribution in [0.4, 0.5) is 5.69 Å². The van der Waals surface area contributed by atoms with E-state index in [1.807, 2.05) is 54.6 Å². The smallest absolute Gasteiger partial charge is 0.309 e. The highest BCUT2D eigenvalue weighted by Gasteiger charge is 2.34. The molecule has 0 atom stereocenters. The van der Waals surface area contributed by atoms with Gasteiger partial charge >= 0.3 is 5.97 Å². The molecule has 1 amide bonds. The molecule has 5 rings (SSSR count). The normalized spacial score (nSPS) is 12.9. The fourth-order valence-corrected chi connectivity index (χ4v) is 4.05. The van der Waals surface area contributed by atoms with Crippen molar-refractivity contribution in [2.75, 3.05) is 5.32 Å². The predicted molar refractivity (Wildman–Crippen MR) is 132 cm³/mol. The summed E-state index contributed by atoms with van der Waals surface area (Å²) in [6, 6.07) is 23.9. The number of nitrogens with zero attached hydrogens (tertiary/aromatic N) is 2. The van der Waals surface area contributed by atoms with E-state index in [9.17, 15) is 9.59 Å². The maximum absolute atomic E-state index is 12.6. The average Bonchev–Trinajstić information content (AvgIpc) is 3.62. The van der Waals surface area contributed by atoms with Crippen molar-refractivity contribution in [2.24, 2.45) is 0 Å². The maximum atomic E-state index is 12.6. The summed E-state index contributed by atoms with van der Waals surface area (Å²) in [6.45, 7) is 1.39. The predicted octanol–water partition coefficient (Wildman–Crippen LogP) is 6.25. The summed E-state index contributed by atoms with van der Waals surface area (Å²) in [7, 11) is 0. The summed E-state index contributed by atoms with van der Waals surface area (Å²) in [5.74, 6) is 0.0743. The van der Waals surface area contributed by atoms with Crippen LogP contribution >= 0.6 is 11.6 Å². The van der Waals surface area contributed by atoms with E-state index >= 15 is 0 Å². The Balaban J connectivity index is 1.51. The summed E-state index contributed by atoms with van der Waals surface area (Å²) in [5, 5.41) is 8.24. The lowest BCUT2D eigenvalue weighted by atomic mass is 10.0. The van der Waals surface area contributed by atoms with E-state index in [1.54, 1.807) is 28.9 Å². The van der Waals surface area contributed by atoms with Crippen LogP contribution in [-0.2, 0) is 4.79 Å². The summed E-state index contributed by atoms with van der Waals surface area (Å²) in [5.41, 5.74) is 4.52. The Morgan fingerprint density at radius 1 is 1.00 bits per heavy atom. The van der Waals surface area contributed by atoms with Gasteiger partial charge in [-0.2, -0.15) is 9.78 Å². The van der Waals surface area contributed by atoms with Crippen LogP contribution in [0.1, 0.15) is 41.7 Å². The lowest BCUT2D eigenvalue weighted by molar-refractivity contribution is -0.132. The molecule has 0 aliphatic heterocycles. The highest BCUT2D eigenvalue weighted by Crippen LogP contribution is 2.48. The molecule has 0 bridgehead atoms. The van der Waals surface area contributed by atoms with Gasteiger partial charge in [0.25, 0.3) is 5.91 Å². The standard InChI is InChI=1S/C27H22ClN3O3/c1-17(32)34-27-24(25(19-10-11-19)30-31(27)23-8-3-2-4-9-23)18-12-14-22(15-13-18)29-26(33)20-6-5-7-21(28)16-20/h2-9,12-16,19H,10-11H2,1H3,(H,29,33). The van der Waals surface area contributed by atoms with Crippen LogP contribution in [0.5, 0.6) is 5.88 Å². The second-order valence-electron chi connectivity index (χ2n) is 8.22. The number of aromatic nitrogens is 2. The number of anilines is 1. The average molecular weight is 472 g/mol. The molecule has 6 nitrogen and oxygen atoms in total. The van der Waals surface area contributed by atoms with E-state index < -0.39 is 5.97 Å². The molecule has 7 heteroatoms. The van der Waals surface area contributed by atoms with Crippen molar-refractivity contribution in [3.63, 3.8) is 0 Å². The number of halogens is 1. The minimum absolute atomic E-state index is 0.244. The van der Waals surface area contributed by atoms with Crippen molar-refractivity contribution in [1.29, 1.82) is 0 Å². The largest absolute Gasteiger partial charge is 0.407 e. The third-order valence-corrected chi connectivity index (χ3v) is 5.83. The lowest BCUT2D eigenvalue weighted by Crippen LogP contribution is -2.11. The summed E-state index contributed by atoms with van der Waals surface area (Å²) in [4.78, 5) is 24.6. The monoisotopic (exact) mass is 471 g/mol. The molecule has 34 heavy (non-hydrogen) atoms. The van der Waals surface area contributed by atoms with Gasteiger partial charge in [0.1, 0.15) is 0 Å². The minimum Gasteiger partial charge on any atom is -0.407 e. The molecule has 1 aliphatic rings. The van der Waals surface area contributed by atoms with Gasteiger partial charge in [-0.3, -0.25) is 9.59 Å². The number of ether oxygens (including phenoxy) is 1. The van der Waals surface area contributed by atoms with Gasteiger partial charge in [0, 0.05) is 29.1 Å². The van der Waals surface area contributed by atoms with Crippen molar-refractivity contribution in [3.05, 3.63) is 95.1 Å². The Hall–Kier alpha value is -3.90. The Labute approximate surface area is 202 Å². The van der Waals surface area contributed by atoms with Crippen LogP contribution in [-0.4, -0.2) is 21.7 Å². The number of rotatable bonds is 6. The first-order valence-corrected chi connectivity index (χ1v) is 11.4. The van der Waals surface area contributed by atoms with Crippen LogP contribution < -0.4 is 10.1 Å². The molecule has 0 unspecified atom stereocenters. The molecule has 0 saturated heterocycles. The molecule has 1 saturated carbocycles. The number of carbonyl (C=O) groups excluding carboxylic acids is 2. The van der Waals surface area contributed by atoms with Crippen molar-refractivity contribution >= 4 is 29.2 Å². The third kappa shape index (κ3) is 4.58. The number of esters is 1. The Morgan fingerprint density at radius 2 is 1.74 bits per heavy atom. The van der Waals surface area contributed by atoms with Crippen LogP contribution in [0.25, 0.3) is 16.8 Å². The second kappa shape index (κ2) is 9.15. The molecule has 1 aliphatic carbocycles. The van der Waals surface area contributed by atoms with E-state index in [0.29, 0.717) is 28.1 Å². The van der Waals surface area contributed by atoms with Gasteiger partial charge in [0.2, 0.25) is 5.88 Å². The number of amides is 1. The molecule has 0 spiro atoms. The van der Waals surface area contributed by atoms with Crippen LogP contribution in [0, 0.1) is 0 Å². The quantitative estimate of drug-likeness (QED) is 0.337. The van der Waals surface area contributed by atoms with Crippen molar-refractivity contribution in [1.82, 2.24) is 9.78 Å². The topological polar surface area (TPSA) is 73.2 Å². The Morgan fingerprint density at radius 3 is 2.38 bits per heavy atom. The summed E-state index contributed by atoms with van der Waals surface area (Å²) >= 11 is 6.00. The Kier molecular flexibility index (Phi) is 5.90. The summed E-state index contributed by atoms with van der Waals surface area (Å²) < 4.78 is 7.38.